The summed E-state index contributed by atoms with van der Waals surface area (Å²) in [4.78, 5) is 8.35. The molecule has 94 valence electrons. The van der Waals surface area contributed by atoms with Gasteiger partial charge in [-0.15, -0.1) is 0 Å². The predicted octanol–water partition coefficient (Wildman–Crippen LogP) is 1.40. The molecule has 0 atom stereocenters. The lowest BCUT2D eigenvalue weighted by molar-refractivity contribution is 0.156. The van der Waals surface area contributed by atoms with Crippen molar-refractivity contribution < 1.29 is 4.74 Å². The summed E-state index contributed by atoms with van der Waals surface area (Å²) in [5.74, 6) is 0.700. The van der Waals surface area contributed by atoms with Gasteiger partial charge < -0.3 is 14.6 Å². The summed E-state index contributed by atoms with van der Waals surface area (Å²) >= 11 is 0. The number of rotatable bonds is 3. The molecule has 2 aromatic rings. The average Bonchev–Trinajstić information content (AvgIpc) is 2.95. The maximum Gasteiger partial charge on any atom is 0.213 e. The molecule has 1 aliphatic heterocycles. The number of imidazole rings is 1. The molecule has 2 aromatic heterocycles. The Labute approximate surface area is 106 Å². The third-order valence-electron chi connectivity index (χ3n) is 3.10. The Hall–Kier alpha value is -1.88. The van der Waals surface area contributed by atoms with Crippen molar-refractivity contribution in [2.24, 2.45) is 0 Å². The third-order valence-corrected chi connectivity index (χ3v) is 3.10. The fourth-order valence-electron chi connectivity index (χ4n) is 2.09. The highest BCUT2D eigenvalue weighted by atomic mass is 16.5. The Morgan fingerprint density at radius 1 is 1.28 bits per heavy atom. The van der Waals surface area contributed by atoms with E-state index in [1.807, 2.05) is 22.9 Å². The maximum absolute atomic E-state index is 5.85. The van der Waals surface area contributed by atoms with Crippen LogP contribution in [0.25, 0.3) is 5.69 Å². The topological polar surface area (TPSA) is 52.0 Å². The lowest BCUT2D eigenvalue weighted by Crippen LogP contribution is -2.34. The molecule has 0 unspecified atom stereocenters. The molecule has 5 nitrogen and oxygen atoms in total. The summed E-state index contributed by atoms with van der Waals surface area (Å²) in [6, 6.07) is 3.91. The van der Waals surface area contributed by atoms with Gasteiger partial charge in [0, 0.05) is 18.5 Å². The lowest BCUT2D eigenvalue weighted by atomic mass is 10.1. The van der Waals surface area contributed by atoms with Crippen LogP contribution in [-0.2, 0) is 0 Å². The van der Waals surface area contributed by atoms with E-state index in [1.165, 1.54) is 0 Å². The van der Waals surface area contributed by atoms with Gasteiger partial charge in [0.15, 0.2) is 0 Å². The number of hydrogen-bond acceptors (Lipinski definition) is 4. The SMILES string of the molecule is c1cn(-c2ccc(OC3CCNCC3)nc2)cn1. The van der Waals surface area contributed by atoms with Gasteiger partial charge >= 0.3 is 0 Å². The lowest BCUT2D eigenvalue weighted by Gasteiger charge is -2.23. The van der Waals surface area contributed by atoms with E-state index in [9.17, 15) is 0 Å². The number of ether oxygens (including phenoxy) is 1. The van der Waals surface area contributed by atoms with E-state index < -0.39 is 0 Å². The minimum Gasteiger partial charge on any atom is -0.474 e. The van der Waals surface area contributed by atoms with Crippen LogP contribution in [0.2, 0.25) is 0 Å². The molecule has 0 saturated carbocycles. The second-order valence-corrected chi connectivity index (χ2v) is 4.39. The van der Waals surface area contributed by atoms with Crippen LogP contribution in [-0.4, -0.2) is 33.7 Å². The summed E-state index contributed by atoms with van der Waals surface area (Å²) in [6.45, 7) is 2.05. The number of pyridine rings is 1. The second kappa shape index (κ2) is 5.18. The molecule has 0 aromatic carbocycles. The van der Waals surface area contributed by atoms with E-state index in [4.69, 9.17) is 4.74 Å². The van der Waals surface area contributed by atoms with Crippen molar-refractivity contribution >= 4 is 0 Å². The molecular formula is C13H16N4O. The fraction of sp³-hybridized carbons (Fsp3) is 0.385. The van der Waals surface area contributed by atoms with Crippen LogP contribution in [0.1, 0.15) is 12.8 Å². The highest BCUT2D eigenvalue weighted by molar-refractivity contribution is 5.31. The van der Waals surface area contributed by atoms with E-state index >= 15 is 0 Å². The van der Waals surface area contributed by atoms with Crippen molar-refractivity contribution in [1.29, 1.82) is 0 Å². The quantitative estimate of drug-likeness (QED) is 0.886. The first kappa shape index (κ1) is 11.2. The van der Waals surface area contributed by atoms with Crippen LogP contribution in [0.4, 0.5) is 0 Å². The van der Waals surface area contributed by atoms with Crippen LogP contribution in [0.15, 0.2) is 37.1 Å². The molecule has 0 spiro atoms. The largest absolute Gasteiger partial charge is 0.474 e. The van der Waals surface area contributed by atoms with Gasteiger partial charge in [-0.25, -0.2) is 9.97 Å². The molecule has 3 rings (SSSR count). The standard InChI is InChI=1S/C13H16N4O/c1-2-13(18-12-3-5-14-6-4-12)16-9-11(1)17-8-7-15-10-17/h1-2,7-10,12,14H,3-6H2. The zero-order valence-corrected chi connectivity index (χ0v) is 10.1. The minimum atomic E-state index is 0.290. The smallest absolute Gasteiger partial charge is 0.213 e. The van der Waals surface area contributed by atoms with Gasteiger partial charge in [0.2, 0.25) is 5.88 Å². The number of nitrogens with zero attached hydrogens (tertiary/aromatic N) is 3. The second-order valence-electron chi connectivity index (χ2n) is 4.39. The molecule has 5 heteroatoms. The Kier molecular flexibility index (Phi) is 3.23. The third kappa shape index (κ3) is 2.51. The van der Waals surface area contributed by atoms with E-state index in [1.54, 1.807) is 18.7 Å². The van der Waals surface area contributed by atoms with Gasteiger partial charge in [-0.3, -0.25) is 0 Å². The van der Waals surface area contributed by atoms with Crippen molar-refractivity contribution in [2.45, 2.75) is 18.9 Å². The molecule has 18 heavy (non-hydrogen) atoms. The van der Waals surface area contributed by atoms with E-state index in [0.717, 1.165) is 31.6 Å². The van der Waals surface area contributed by atoms with E-state index in [-0.39, 0.29) is 6.10 Å². The van der Waals surface area contributed by atoms with Crippen LogP contribution in [0.3, 0.4) is 0 Å². The van der Waals surface area contributed by atoms with Crippen molar-refractivity contribution in [1.82, 2.24) is 19.9 Å². The van der Waals surface area contributed by atoms with Gasteiger partial charge in [0.25, 0.3) is 0 Å². The molecule has 0 bridgehead atoms. The van der Waals surface area contributed by atoms with Crippen LogP contribution < -0.4 is 10.1 Å². The zero-order valence-electron chi connectivity index (χ0n) is 10.1. The Bertz CT molecular complexity index is 474. The van der Waals surface area contributed by atoms with Crippen LogP contribution in [0, 0.1) is 0 Å². The molecule has 0 radical (unpaired) electrons. The Balaban J connectivity index is 1.67. The summed E-state index contributed by atoms with van der Waals surface area (Å²) in [5, 5.41) is 3.32. The van der Waals surface area contributed by atoms with E-state index in [2.05, 4.69) is 15.3 Å². The predicted molar refractivity (Wildman–Crippen MR) is 67.9 cm³/mol. The molecule has 0 aliphatic carbocycles. The average molecular weight is 244 g/mol. The maximum atomic E-state index is 5.85. The summed E-state index contributed by atoms with van der Waals surface area (Å²) < 4.78 is 7.77. The van der Waals surface area contributed by atoms with Gasteiger partial charge in [0.1, 0.15) is 6.10 Å². The summed E-state index contributed by atoms with van der Waals surface area (Å²) in [5.41, 5.74) is 0.991. The number of piperidine rings is 1. The molecule has 1 N–H and O–H groups in total. The normalized spacial score (nSPS) is 16.7. The summed E-state index contributed by atoms with van der Waals surface area (Å²) in [6.07, 6.45) is 9.58. The zero-order chi connectivity index (χ0) is 12.2. The highest BCUT2D eigenvalue weighted by Gasteiger charge is 2.14. The molecule has 1 saturated heterocycles. The Morgan fingerprint density at radius 2 is 2.17 bits per heavy atom. The van der Waals surface area contributed by atoms with Crippen LogP contribution in [0.5, 0.6) is 5.88 Å². The number of nitrogens with one attached hydrogen (secondary N) is 1. The summed E-state index contributed by atoms with van der Waals surface area (Å²) in [7, 11) is 0. The number of hydrogen-bond donors (Lipinski definition) is 1. The first-order valence-electron chi connectivity index (χ1n) is 6.23. The Morgan fingerprint density at radius 3 is 2.83 bits per heavy atom. The molecular weight excluding hydrogens is 228 g/mol. The molecule has 1 fully saturated rings. The van der Waals surface area contributed by atoms with Crippen molar-refractivity contribution in [3.63, 3.8) is 0 Å². The molecule has 1 aliphatic rings. The van der Waals surface area contributed by atoms with Gasteiger partial charge in [-0.05, 0) is 32.0 Å². The van der Waals surface area contributed by atoms with Gasteiger partial charge in [0.05, 0.1) is 18.2 Å². The molecule has 3 heterocycles. The highest BCUT2D eigenvalue weighted by Crippen LogP contribution is 2.15. The van der Waals surface area contributed by atoms with Crippen molar-refractivity contribution in [2.75, 3.05) is 13.1 Å². The van der Waals surface area contributed by atoms with Crippen LogP contribution >= 0.6 is 0 Å². The first-order valence-corrected chi connectivity index (χ1v) is 6.23. The van der Waals surface area contributed by atoms with Gasteiger partial charge in [-0.1, -0.05) is 0 Å². The minimum absolute atomic E-state index is 0.290. The van der Waals surface area contributed by atoms with Crippen molar-refractivity contribution in [3.8, 4) is 11.6 Å². The van der Waals surface area contributed by atoms with Gasteiger partial charge in [-0.2, -0.15) is 0 Å². The fourth-order valence-corrected chi connectivity index (χ4v) is 2.09. The molecule has 0 amide bonds. The monoisotopic (exact) mass is 244 g/mol. The number of aromatic nitrogens is 3. The first-order chi connectivity index (χ1) is 8.92. The van der Waals surface area contributed by atoms with Crippen molar-refractivity contribution in [3.05, 3.63) is 37.1 Å². The van der Waals surface area contributed by atoms with E-state index in [0.29, 0.717) is 5.88 Å².